The van der Waals surface area contributed by atoms with Gasteiger partial charge in [-0.3, -0.25) is 4.79 Å². The summed E-state index contributed by atoms with van der Waals surface area (Å²) in [7, 11) is 0. The predicted octanol–water partition coefficient (Wildman–Crippen LogP) is 5.27. The summed E-state index contributed by atoms with van der Waals surface area (Å²) in [5.74, 6) is -0.226. The molecule has 3 rings (SSSR count). The van der Waals surface area contributed by atoms with Crippen molar-refractivity contribution >= 4 is 27.5 Å². The lowest BCUT2D eigenvalue weighted by atomic mass is 10.0. The molecule has 3 aromatic rings. The Morgan fingerprint density at radius 1 is 0.800 bits per heavy atom. The van der Waals surface area contributed by atoms with E-state index in [2.05, 4.69) is 26.5 Å². The smallest absolute Gasteiger partial charge is 0.267 e. The Hall–Kier alpha value is -2.72. The lowest BCUT2D eigenvalue weighted by Gasteiger charge is -2.05. The Bertz CT molecular complexity index is 885. The van der Waals surface area contributed by atoms with Gasteiger partial charge >= 0.3 is 0 Å². The number of hydrogen-bond donors (Lipinski definition) is 1. The molecule has 124 valence electrons. The molecular weight excluding hydrogens is 376 g/mol. The lowest BCUT2D eigenvalue weighted by molar-refractivity contribution is 0.0955. The van der Waals surface area contributed by atoms with Crippen LogP contribution in [0.1, 0.15) is 22.8 Å². The number of amides is 1. The van der Waals surface area contributed by atoms with Gasteiger partial charge in [-0.25, -0.2) is 5.43 Å². The van der Waals surface area contributed by atoms with E-state index < -0.39 is 0 Å². The molecule has 0 aliphatic rings. The Kier molecular flexibility index (Phi) is 5.41. The van der Waals surface area contributed by atoms with Crippen molar-refractivity contribution in [2.24, 2.45) is 5.10 Å². The highest BCUT2D eigenvalue weighted by molar-refractivity contribution is 9.10. The number of benzene rings is 3. The van der Waals surface area contributed by atoms with E-state index in [-0.39, 0.29) is 5.91 Å². The van der Waals surface area contributed by atoms with Crippen LogP contribution in [0.2, 0.25) is 0 Å². The standard InChI is InChI=1S/C21H17BrN2O/c1-15(16-11-13-20(22)14-12-16)23-24-21(25)19-9-7-18(8-10-19)17-5-3-2-4-6-17/h2-14H,1H3,(H,24,25). The van der Waals surface area contributed by atoms with Gasteiger partial charge in [0.1, 0.15) is 0 Å². The molecule has 0 atom stereocenters. The molecule has 0 aliphatic carbocycles. The normalized spacial score (nSPS) is 11.2. The zero-order valence-corrected chi connectivity index (χ0v) is 15.3. The van der Waals surface area contributed by atoms with Gasteiger partial charge in [0.15, 0.2) is 0 Å². The number of rotatable bonds is 4. The van der Waals surface area contributed by atoms with E-state index in [0.717, 1.165) is 26.9 Å². The van der Waals surface area contributed by atoms with Crippen LogP contribution >= 0.6 is 15.9 Å². The van der Waals surface area contributed by atoms with E-state index in [1.54, 1.807) is 0 Å². The fraction of sp³-hybridized carbons (Fsp3) is 0.0476. The van der Waals surface area contributed by atoms with Crippen molar-refractivity contribution in [2.75, 3.05) is 0 Å². The number of nitrogens with zero attached hydrogens (tertiary/aromatic N) is 1. The summed E-state index contributed by atoms with van der Waals surface area (Å²) in [6.45, 7) is 1.86. The summed E-state index contributed by atoms with van der Waals surface area (Å²) in [4.78, 5) is 12.3. The van der Waals surface area contributed by atoms with Crippen molar-refractivity contribution in [3.05, 3.63) is 94.5 Å². The molecule has 3 aromatic carbocycles. The SMILES string of the molecule is CC(=NNC(=O)c1ccc(-c2ccccc2)cc1)c1ccc(Br)cc1. The first-order valence-electron chi connectivity index (χ1n) is 7.89. The Morgan fingerprint density at radius 3 is 2.00 bits per heavy atom. The minimum Gasteiger partial charge on any atom is -0.267 e. The van der Waals surface area contributed by atoms with Crippen LogP contribution in [0.4, 0.5) is 0 Å². The third kappa shape index (κ3) is 4.43. The summed E-state index contributed by atoms with van der Waals surface area (Å²) in [6, 6.07) is 25.3. The molecule has 0 saturated carbocycles. The number of nitrogens with one attached hydrogen (secondary N) is 1. The molecule has 0 aromatic heterocycles. The largest absolute Gasteiger partial charge is 0.271 e. The highest BCUT2D eigenvalue weighted by Crippen LogP contribution is 2.19. The van der Waals surface area contributed by atoms with Gasteiger partial charge in [-0.1, -0.05) is 70.5 Å². The van der Waals surface area contributed by atoms with Crippen LogP contribution in [0.25, 0.3) is 11.1 Å². The first kappa shape index (κ1) is 17.1. The second-order valence-electron chi connectivity index (χ2n) is 5.59. The van der Waals surface area contributed by atoms with Gasteiger partial charge in [-0.15, -0.1) is 0 Å². The van der Waals surface area contributed by atoms with Crippen LogP contribution in [-0.4, -0.2) is 11.6 Å². The van der Waals surface area contributed by atoms with E-state index >= 15 is 0 Å². The Morgan fingerprint density at radius 2 is 1.36 bits per heavy atom. The van der Waals surface area contributed by atoms with Gasteiger partial charge in [0, 0.05) is 10.0 Å². The number of halogens is 1. The van der Waals surface area contributed by atoms with Gasteiger partial charge in [-0.2, -0.15) is 5.10 Å². The van der Waals surface area contributed by atoms with Crippen molar-refractivity contribution in [1.82, 2.24) is 5.43 Å². The van der Waals surface area contributed by atoms with Gasteiger partial charge in [0.25, 0.3) is 5.91 Å². The molecular formula is C21H17BrN2O. The molecule has 0 unspecified atom stereocenters. The Labute approximate surface area is 155 Å². The number of carbonyl (C=O) groups is 1. The summed E-state index contributed by atoms with van der Waals surface area (Å²) >= 11 is 3.40. The minimum atomic E-state index is -0.226. The molecule has 0 spiro atoms. The maximum atomic E-state index is 12.3. The summed E-state index contributed by atoms with van der Waals surface area (Å²) in [5, 5.41) is 4.18. The zero-order chi connectivity index (χ0) is 17.6. The summed E-state index contributed by atoms with van der Waals surface area (Å²) in [6.07, 6.45) is 0. The molecule has 4 heteroatoms. The number of hydrazone groups is 1. The third-order valence-electron chi connectivity index (χ3n) is 3.84. The molecule has 0 aliphatic heterocycles. The predicted molar refractivity (Wildman–Crippen MR) is 106 cm³/mol. The number of carbonyl (C=O) groups excluding carboxylic acids is 1. The van der Waals surface area contributed by atoms with Gasteiger partial charge < -0.3 is 0 Å². The van der Waals surface area contributed by atoms with Crippen LogP contribution in [-0.2, 0) is 0 Å². The van der Waals surface area contributed by atoms with Crippen LogP contribution < -0.4 is 5.43 Å². The topological polar surface area (TPSA) is 41.5 Å². The van der Waals surface area contributed by atoms with Crippen molar-refractivity contribution < 1.29 is 4.79 Å². The second-order valence-corrected chi connectivity index (χ2v) is 6.50. The van der Waals surface area contributed by atoms with Gasteiger partial charge in [0.2, 0.25) is 0 Å². The van der Waals surface area contributed by atoms with Crippen molar-refractivity contribution in [3.63, 3.8) is 0 Å². The first-order chi connectivity index (χ1) is 12.1. The van der Waals surface area contributed by atoms with E-state index in [0.29, 0.717) is 5.56 Å². The molecule has 0 radical (unpaired) electrons. The minimum absolute atomic E-state index is 0.226. The molecule has 1 N–H and O–H groups in total. The van der Waals surface area contributed by atoms with E-state index in [4.69, 9.17) is 0 Å². The van der Waals surface area contributed by atoms with Crippen LogP contribution in [0.3, 0.4) is 0 Å². The third-order valence-corrected chi connectivity index (χ3v) is 4.37. The van der Waals surface area contributed by atoms with Gasteiger partial charge in [-0.05, 0) is 47.9 Å². The van der Waals surface area contributed by atoms with E-state index in [1.807, 2.05) is 85.8 Å². The maximum Gasteiger partial charge on any atom is 0.271 e. The summed E-state index contributed by atoms with van der Waals surface area (Å²) in [5.41, 5.74) is 7.10. The van der Waals surface area contributed by atoms with E-state index in [9.17, 15) is 4.79 Å². The molecule has 0 fully saturated rings. The quantitative estimate of drug-likeness (QED) is 0.476. The zero-order valence-electron chi connectivity index (χ0n) is 13.7. The average molecular weight is 393 g/mol. The second kappa shape index (κ2) is 7.90. The van der Waals surface area contributed by atoms with Crippen LogP contribution in [0.15, 0.2) is 88.4 Å². The van der Waals surface area contributed by atoms with Crippen LogP contribution in [0, 0.1) is 0 Å². The molecule has 25 heavy (non-hydrogen) atoms. The Balaban J connectivity index is 1.69. The molecule has 1 amide bonds. The van der Waals surface area contributed by atoms with E-state index in [1.165, 1.54) is 0 Å². The molecule has 0 saturated heterocycles. The first-order valence-corrected chi connectivity index (χ1v) is 8.69. The molecule has 3 nitrogen and oxygen atoms in total. The highest BCUT2D eigenvalue weighted by Gasteiger charge is 2.06. The summed E-state index contributed by atoms with van der Waals surface area (Å²) < 4.78 is 1.01. The number of hydrogen-bond acceptors (Lipinski definition) is 2. The van der Waals surface area contributed by atoms with Gasteiger partial charge in [0.05, 0.1) is 5.71 Å². The highest BCUT2D eigenvalue weighted by atomic mass is 79.9. The van der Waals surface area contributed by atoms with Crippen LogP contribution in [0.5, 0.6) is 0 Å². The lowest BCUT2D eigenvalue weighted by Crippen LogP contribution is -2.19. The molecule has 0 bridgehead atoms. The van der Waals surface area contributed by atoms with Crippen molar-refractivity contribution in [3.8, 4) is 11.1 Å². The monoisotopic (exact) mass is 392 g/mol. The fourth-order valence-corrected chi connectivity index (χ4v) is 2.66. The van der Waals surface area contributed by atoms with Crippen molar-refractivity contribution in [1.29, 1.82) is 0 Å². The fourth-order valence-electron chi connectivity index (χ4n) is 2.40. The molecule has 0 heterocycles. The van der Waals surface area contributed by atoms with Crippen molar-refractivity contribution in [2.45, 2.75) is 6.92 Å². The maximum absolute atomic E-state index is 12.3. The average Bonchev–Trinajstić information content (AvgIpc) is 2.67.